The van der Waals surface area contributed by atoms with E-state index in [1.165, 1.54) is 0 Å². The van der Waals surface area contributed by atoms with E-state index < -0.39 is 39.8 Å². The maximum Gasteiger partial charge on any atom is 0.325 e. The number of benzene rings is 1. The number of hydrogen-bond acceptors (Lipinski definition) is 5. The highest BCUT2D eigenvalue weighted by Gasteiger charge is 2.26. The van der Waals surface area contributed by atoms with E-state index in [0.29, 0.717) is 12.1 Å². The Balaban J connectivity index is 3.40. The number of nitrogens with two attached hydrogens (primary N) is 1. The number of phenols is 1. The SMILES string of the molecule is N[C@H](C(=O)O)c1cc(F)cc([N+](=O)[O-])c1O. The number of carboxylic acids is 1. The van der Waals surface area contributed by atoms with E-state index in [0.717, 1.165) is 0 Å². The van der Waals surface area contributed by atoms with Gasteiger partial charge in [0.15, 0.2) is 5.75 Å². The molecule has 7 nitrogen and oxygen atoms in total. The summed E-state index contributed by atoms with van der Waals surface area (Å²) in [5.74, 6) is -3.52. The highest BCUT2D eigenvalue weighted by Crippen LogP contribution is 2.33. The molecule has 0 unspecified atom stereocenters. The molecule has 16 heavy (non-hydrogen) atoms. The Bertz CT molecular complexity index is 462. The standard InChI is InChI=1S/C8H7FN2O5/c9-3-1-4(6(10)8(13)14)7(12)5(2-3)11(15)16/h1-2,6,12H,10H2,(H,13,14)/t6-/m0/s1. The van der Waals surface area contributed by atoms with E-state index in [-0.39, 0.29) is 0 Å². The Morgan fingerprint density at radius 1 is 1.56 bits per heavy atom. The van der Waals surface area contributed by atoms with Crippen molar-refractivity contribution in [3.8, 4) is 5.75 Å². The van der Waals surface area contributed by atoms with Gasteiger partial charge < -0.3 is 15.9 Å². The fourth-order valence-corrected chi connectivity index (χ4v) is 1.11. The summed E-state index contributed by atoms with van der Waals surface area (Å²) in [5.41, 5.74) is 3.66. The third-order valence-electron chi connectivity index (χ3n) is 1.88. The van der Waals surface area contributed by atoms with Gasteiger partial charge in [0.05, 0.1) is 11.0 Å². The summed E-state index contributed by atoms with van der Waals surface area (Å²) < 4.78 is 12.9. The number of carbonyl (C=O) groups is 1. The van der Waals surface area contributed by atoms with Crippen LogP contribution in [-0.4, -0.2) is 21.1 Å². The Morgan fingerprint density at radius 2 is 2.12 bits per heavy atom. The molecule has 8 heteroatoms. The molecule has 1 atom stereocenters. The van der Waals surface area contributed by atoms with Gasteiger partial charge in [-0.25, -0.2) is 4.39 Å². The van der Waals surface area contributed by atoms with Crippen molar-refractivity contribution in [2.24, 2.45) is 5.73 Å². The highest BCUT2D eigenvalue weighted by molar-refractivity contribution is 5.77. The van der Waals surface area contributed by atoms with Crippen molar-refractivity contribution < 1.29 is 24.3 Å². The molecule has 0 saturated carbocycles. The number of nitro benzene ring substituents is 1. The summed E-state index contributed by atoms with van der Waals surface area (Å²) in [7, 11) is 0. The van der Waals surface area contributed by atoms with Crippen LogP contribution in [0.5, 0.6) is 5.75 Å². The van der Waals surface area contributed by atoms with Crippen molar-refractivity contribution in [1.29, 1.82) is 0 Å². The van der Waals surface area contributed by atoms with Gasteiger partial charge in [0.2, 0.25) is 0 Å². The fourth-order valence-electron chi connectivity index (χ4n) is 1.11. The van der Waals surface area contributed by atoms with Crippen molar-refractivity contribution in [3.63, 3.8) is 0 Å². The molecule has 86 valence electrons. The van der Waals surface area contributed by atoms with Gasteiger partial charge in [-0.2, -0.15) is 0 Å². The molecular weight excluding hydrogens is 223 g/mol. The van der Waals surface area contributed by atoms with Gasteiger partial charge in [-0.05, 0) is 6.07 Å². The van der Waals surface area contributed by atoms with Crippen LogP contribution in [0.2, 0.25) is 0 Å². The lowest BCUT2D eigenvalue weighted by atomic mass is 10.1. The van der Waals surface area contributed by atoms with E-state index in [9.17, 15) is 24.4 Å². The lowest BCUT2D eigenvalue weighted by Gasteiger charge is -2.09. The van der Waals surface area contributed by atoms with Gasteiger partial charge in [-0.15, -0.1) is 0 Å². The molecule has 0 bridgehead atoms. The third kappa shape index (κ3) is 2.06. The topological polar surface area (TPSA) is 127 Å². The van der Waals surface area contributed by atoms with Crippen molar-refractivity contribution in [2.75, 3.05) is 0 Å². The first-order valence-electron chi connectivity index (χ1n) is 3.99. The number of halogens is 1. The first kappa shape index (κ1) is 11.9. The van der Waals surface area contributed by atoms with Gasteiger partial charge in [-0.1, -0.05) is 0 Å². The summed E-state index contributed by atoms with van der Waals surface area (Å²) in [5, 5.41) is 28.3. The molecule has 1 aromatic carbocycles. The summed E-state index contributed by atoms with van der Waals surface area (Å²) in [6, 6.07) is -0.608. The van der Waals surface area contributed by atoms with Crippen molar-refractivity contribution in [2.45, 2.75) is 6.04 Å². The molecule has 4 N–H and O–H groups in total. The van der Waals surface area contributed by atoms with Gasteiger partial charge in [0.1, 0.15) is 11.9 Å². The number of aliphatic carboxylic acids is 1. The molecule has 0 spiro atoms. The van der Waals surface area contributed by atoms with E-state index in [1.807, 2.05) is 0 Å². The van der Waals surface area contributed by atoms with E-state index in [1.54, 1.807) is 0 Å². The van der Waals surface area contributed by atoms with Gasteiger partial charge >= 0.3 is 11.7 Å². The number of aromatic hydroxyl groups is 1. The second-order valence-corrected chi connectivity index (χ2v) is 2.94. The second-order valence-electron chi connectivity index (χ2n) is 2.94. The number of nitrogens with zero attached hydrogens (tertiary/aromatic N) is 1. The molecule has 0 saturated heterocycles. The molecule has 0 aromatic heterocycles. The molecule has 0 fully saturated rings. The summed E-state index contributed by atoms with van der Waals surface area (Å²) >= 11 is 0. The van der Waals surface area contributed by atoms with Gasteiger partial charge in [0, 0.05) is 5.56 Å². The normalized spacial score (nSPS) is 12.1. The van der Waals surface area contributed by atoms with Crippen LogP contribution < -0.4 is 5.73 Å². The van der Waals surface area contributed by atoms with Crippen LogP contribution in [0.4, 0.5) is 10.1 Å². The van der Waals surface area contributed by atoms with Crippen LogP contribution in [0.25, 0.3) is 0 Å². The van der Waals surface area contributed by atoms with Crippen LogP contribution in [0.1, 0.15) is 11.6 Å². The van der Waals surface area contributed by atoms with Gasteiger partial charge in [-0.3, -0.25) is 14.9 Å². The molecule has 1 aromatic rings. The highest BCUT2D eigenvalue weighted by atomic mass is 19.1. The average Bonchev–Trinajstić information content (AvgIpc) is 2.19. The minimum absolute atomic E-state index is 0.480. The minimum atomic E-state index is -1.73. The van der Waals surface area contributed by atoms with Gasteiger partial charge in [0.25, 0.3) is 0 Å². The predicted octanol–water partition coefficient (Wildman–Crippen LogP) is 0.524. The fraction of sp³-hybridized carbons (Fsp3) is 0.125. The predicted molar refractivity (Wildman–Crippen MR) is 49.3 cm³/mol. The molecule has 0 heterocycles. The lowest BCUT2D eigenvalue weighted by molar-refractivity contribution is -0.386. The molecule has 0 aliphatic heterocycles. The largest absolute Gasteiger partial charge is 0.502 e. The Labute approximate surface area is 88.1 Å². The summed E-state index contributed by atoms with van der Waals surface area (Å²) in [6.07, 6.45) is 0. The molecular formula is C8H7FN2O5. The minimum Gasteiger partial charge on any atom is -0.502 e. The van der Waals surface area contributed by atoms with E-state index >= 15 is 0 Å². The smallest absolute Gasteiger partial charge is 0.325 e. The number of carboxylic acid groups (broad SMARTS) is 1. The number of nitro groups is 1. The Hall–Kier alpha value is -2.22. The number of hydrogen-bond donors (Lipinski definition) is 3. The molecule has 0 aliphatic carbocycles. The van der Waals surface area contributed by atoms with Crippen molar-refractivity contribution in [3.05, 3.63) is 33.6 Å². The Kier molecular flexibility index (Phi) is 3.04. The zero-order chi connectivity index (χ0) is 12.5. The van der Waals surface area contributed by atoms with Crippen LogP contribution >= 0.6 is 0 Å². The molecule has 1 rings (SSSR count). The first-order chi connectivity index (χ1) is 7.34. The zero-order valence-corrected chi connectivity index (χ0v) is 7.75. The van der Waals surface area contributed by atoms with Crippen molar-refractivity contribution in [1.82, 2.24) is 0 Å². The van der Waals surface area contributed by atoms with Crippen LogP contribution in [0.3, 0.4) is 0 Å². The molecule has 0 aliphatic rings. The monoisotopic (exact) mass is 230 g/mol. The third-order valence-corrected chi connectivity index (χ3v) is 1.88. The first-order valence-corrected chi connectivity index (χ1v) is 3.99. The summed E-state index contributed by atoms with van der Waals surface area (Å²) in [4.78, 5) is 19.9. The number of phenolic OH excluding ortho intramolecular Hbond substituents is 1. The zero-order valence-electron chi connectivity index (χ0n) is 7.75. The second kappa shape index (κ2) is 4.11. The average molecular weight is 230 g/mol. The maximum atomic E-state index is 12.9. The van der Waals surface area contributed by atoms with E-state index in [2.05, 4.69) is 0 Å². The van der Waals surface area contributed by atoms with Crippen LogP contribution in [0.15, 0.2) is 12.1 Å². The summed E-state index contributed by atoms with van der Waals surface area (Å²) in [6.45, 7) is 0. The Morgan fingerprint density at radius 3 is 2.56 bits per heavy atom. The lowest BCUT2D eigenvalue weighted by Crippen LogP contribution is -2.21. The quantitative estimate of drug-likeness (QED) is 0.513. The van der Waals surface area contributed by atoms with Crippen LogP contribution in [0, 0.1) is 15.9 Å². The molecule has 0 amide bonds. The molecule has 0 radical (unpaired) electrons. The van der Waals surface area contributed by atoms with E-state index in [4.69, 9.17) is 10.8 Å². The van der Waals surface area contributed by atoms with Crippen molar-refractivity contribution >= 4 is 11.7 Å². The maximum absolute atomic E-state index is 12.9. The van der Waals surface area contributed by atoms with Crippen LogP contribution in [-0.2, 0) is 4.79 Å². The number of rotatable bonds is 3.